The molecule has 33 heavy (non-hydrogen) atoms. The number of carbonyl (C=O) groups excluding carboxylic acids is 1. The molecular formula is C27H28N2O3S. The smallest absolute Gasteiger partial charge is 0.264 e. The Hall–Kier alpha value is -3.25. The van der Waals surface area contributed by atoms with Crippen molar-refractivity contribution in [2.24, 2.45) is 4.99 Å². The lowest BCUT2D eigenvalue weighted by Gasteiger charge is -2.31. The van der Waals surface area contributed by atoms with Crippen LogP contribution in [0.1, 0.15) is 35.3 Å². The minimum Gasteiger partial charge on any atom is -0.497 e. The summed E-state index contributed by atoms with van der Waals surface area (Å²) in [4.78, 5) is 20.4. The molecule has 0 spiro atoms. The van der Waals surface area contributed by atoms with Crippen LogP contribution in [0.4, 0.5) is 5.69 Å². The van der Waals surface area contributed by atoms with Gasteiger partial charge in [-0.3, -0.25) is 9.69 Å². The Morgan fingerprint density at radius 2 is 1.82 bits per heavy atom. The van der Waals surface area contributed by atoms with Crippen molar-refractivity contribution < 1.29 is 14.3 Å². The normalized spacial score (nSPS) is 16.1. The quantitative estimate of drug-likeness (QED) is 0.437. The van der Waals surface area contributed by atoms with Crippen LogP contribution in [0.25, 0.3) is 0 Å². The average Bonchev–Trinajstić information content (AvgIpc) is 3.12. The molecule has 0 aliphatic carbocycles. The number of methoxy groups -OCH3 is 1. The van der Waals surface area contributed by atoms with E-state index in [4.69, 9.17) is 14.5 Å². The van der Waals surface area contributed by atoms with E-state index < -0.39 is 0 Å². The molecule has 5 nitrogen and oxygen atoms in total. The number of amidine groups is 1. The number of carbonyl (C=O) groups is 1. The number of amides is 1. The van der Waals surface area contributed by atoms with Gasteiger partial charge in [0.25, 0.3) is 5.91 Å². The third-order valence-electron chi connectivity index (χ3n) is 5.59. The van der Waals surface area contributed by atoms with Crippen molar-refractivity contribution in [1.29, 1.82) is 0 Å². The lowest BCUT2D eigenvalue weighted by molar-refractivity contribution is 0.0762. The molecular weight excluding hydrogens is 432 g/mol. The number of rotatable bonds is 6. The number of benzene rings is 3. The van der Waals surface area contributed by atoms with Gasteiger partial charge in [0, 0.05) is 11.8 Å². The lowest BCUT2D eigenvalue weighted by Crippen LogP contribution is -2.46. The maximum absolute atomic E-state index is 13.8. The van der Waals surface area contributed by atoms with E-state index in [1.165, 1.54) is 0 Å². The Morgan fingerprint density at radius 3 is 2.61 bits per heavy atom. The van der Waals surface area contributed by atoms with E-state index >= 15 is 0 Å². The largest absolute Gasteiger partial charge is 0.497 e. The lowest BCUT2D eigenvalue weighted by atomic mass is 10.0. The number of hydrogen-bond donors (Lipinski definition) is 0. The van der Waals surface area contributed by atoms with Crippen LogP contribution in [-0.4, -0.2) is 34.4 Å². The molecule has 4 rings (SSSR count). The molecule has 1 fully saturated rings. The molecule has 0 N–H and O–H groups in total. The van der Waals surface area contributed by atoms with E-state index in [9.17, 15) is 4.79 Å². The van der Waals surface area contributed by atoms with Gasteiger partial charge in [0.2, 0.25) is 0 Å². The van der Waals surface area contributed by atoms with E-state index in [0.717, 1.165) is 28.3 Å². The van der Waals surface area contributed by atoms with Crippen molar-refractivity contribution in [3.8, 4) is 11.5 Å². The van der Waals surface area contributed by atoms with Gasteiger partial charge in [-0.2, -0.15) is 0 Å². The molecule has 0 aromatic heterocycles. The standard InChI is InChI=1S/C27H28N2O3S/c1-19-10-5-6-11-20(19)17-32-24-15-8-7-14-23(24)25(30)29-26(33-18-27(29,2)3)28-21-12-9-13-22(16-21)31-4/h5-16H,17-18H2,1-4H3. The molecule has 0 unspecified atom stereocenters. The zero-order valence-corrected chi connectivity index (χ0v) is 20.2. The zero-order valence-electron chi connectivity index (χ0n) is 19.4. The highest BCUT2D eigenvalue weighted by Crippen LogP contribution is 2.37. The molecule has 1 aliphatic rings. The number of ether oxygens (including phenoxy) is 2. The summed E-state index contributed by atoms with van der Waals surface area (Å²) < 4.78 is 11.4. The summed E-state index contributed by atoms with van der Waals surface area (Å²) in [5.41, 5.74) is 3.14. The topological polar surface area (TPSA) is 51.1 Å². The molecule has 1 saturated heterocycles. The first-order chi connectivity index (χ1) is 15.9. The van der Waals surface area contributed by atoms with Gasteiger partial charge < -0.3 is 9.47 Å². The molecule has 1 aliphatic heterocycles. The van der Waals surface area contributed by atoms with E-state index in [2.05, 4.69) is 26.8 Å². The molecule has 3 aromatic carbocycles. The average molecular weight is 461 g/mol. The summed E-state index contributed by atoms with van der Waals surface area (Å²) >= 11 is 1.58. The van der Waals surface area contributed by atoms with Gasteiger partial charge >= 0.3 is 0 Å². The maximum atomic E-state index is 13.8. The van der Waals surface area contributed by atoms with Crippen LogP contribution in [0.3, 0.4) is 0 Å². The summed E-state index contributed by atoms with van der Waals surface area (Å²) in [5.74, 6) is 1.94. The molecule has 0 radical (unpaired) electrons. The first-order valence-corrected chi connectivity index (χ1v) is 11.8. The first-order valence-electron chi connectivity index (χ1n) is 10.9. The third kappa shape index (κ3) is 5.06. The van der Waals surface area contributed by atoms with Crippen LogP contribution in [0, 0.1) is 6.92 Å². The zero-order chi connectivity index (χ0) is 23.4. The second-order valence-corrected chi connectivity index (χ2v) is 9.49. The predicted molar refractivity (Wildman–Crippen MR) is 135 cm³/mol. The Kier molecular flexibility index (Phi) is 6.75. The van der Waals surface area contributed by atoms with Gasteiger partial charge in [-0.25, -0.2) is 4.99 Å². The van der Waals surface area contributed by atoms with Crippen LogP contribution in [0.2, 0.25) is 0 Å². The number of para-hydroxylation sites is 1. The van der Waals surface area contributed by atoms with Crippen LogP contribution < -0.4 is 9.47 Å². The molecule has 170 valence electrons. The summed E-state index contributed by atoms with van der Waals surface area (Å²) in [5, 5.41) is 0.673. The first kappa shape index (κ1) is 22.9. The van der Waals surface area contributed by atoms with Gasteiger partial charge in [0.05, 0.1) is 23.9 Å². The number of thioether (sulfide) groups is 1. The fourth-order valence-corrected chi connectivity index (χ4v) is 4.92. The summed E-state index contributed by atoms with van der Waals surface area (Å²) in [7, 11) is 1.63. The molecule has 0 bridgehead atoms. The van der Waals surface area contributed by atoms with E-state index in [0.29, 0.717) is 23.1 Å². The summed E-state index contributed by atoms with van der Waals surface area (Å²) in [6.07, 6.45) is 0. The second kappa shape index (κ2) is 9.71. The molecule has 1 heterocycles. The van der Waals surface area contributed by atoms with Gasteiger partial charge in [-0.05, 0) is 56.2 Å². The number of aliphatic imine (C=N–C) groups is 1. The van der Waals surface area contributed by atoms with Crippen molar-refractivity contribution in [3.05, 3.63) is 89.5 Å². The SMILES string of the molecule is COc1cccc(N=C2SCC(C)(C)N2C(=O)c2ccccc2OCc2ccccc2C)c1. The molecule has 6 heteroatoms. The Balaban J connectivity index is 1.64. The fraction of sp³-hybridized carbons (Fsp3) is 0.259. The third-order valence-corrected chi connectivity index (χ3v) is 6.98. The summed E-state index contributed by atoms with van der Waals surface area (Å²) in [6.45, 7) is 6.58. The van der Waals surface area contributed by atoms with Crippen molar-refractivity contribution in [3.63, 3.8) is 0 Å². The number of aryl methyl sites for hydroxylation is 1. The predicted octanol–water partition coefficient (Wildman–Crippen LogP) is 6.24. The molecule has 3 aromatic rings. The monoisotopic (exact) mass is 460 g/mol. The van der Waals surface area contributed by atoms with Gasteiger partial charge in [0.1, 0.15) is 18.1 Å². The van der Waals surface area contributed by atoms with Crippen LogP contribution in [-0.2, 0) is 6.61 Å². The summed E-state index contributed by atoms with van der Waals surface area (Å²) in [6, 6.07) is 23.1. The van der Waals surface area contributed by atoms with Crippen molar-refractivity contribution in [1.82, 2.24) is 4.90 Å². The molecule has 0 atom stereocenters. The highest BCUT2D eigenvalue weighted by Gasteiger charge is 2.42. The molecule has 1 amide bonds. The fourth-order valence-electron chi connectivity index (χ4n) is 3.68. The minimum atomic E-state index is -0.386. The second-order valence-electron chi connectivity index (χ2n) is 8.55. The Bertz CT molecular complexity index is 1190. The van der Waals surface area contributed by atoms with Gasteiger partial charge in [-0.1, -0.05) is 54.2 Å². The van der Waals surface area contributed by atoms with Crippen molar-refractivity contribution in [2.45, 2.75) is 32.9 Å². The highest BCUT2D eigenvalue weighted by molar-refractivity contribution is 8.14. The Labute approximate surface area is 199 Å². The van der Waals surface area contributed by atoms with E-state index in [1.54, 1.807) is 23.8 Å². The van der Waals surface area contributed by atoms with Gasteiger partial charge in [0.15, 0.2) is 5.17 Å². The van der Waals surface area contributed by atoms with E-state index in [-0.39, 0.29) is 11.4 Å². The minimum absolute atomic E-state index is 0.118. The highest BCUT2D eigenvalue weighted by atomic mass is 32.2. The van der Waals surface area contributed by atoms with Gasteiger partial charge in [-0.15, -0.1) is 0 Å². The van der Waals surface area contributed by atoms with Crippen molar-refractivity contribution in [2.75, 3.05) is 12.9 Å². The van der Waals surface area contributed by atoms with Crippen LogP contribution >= 0.6 is 11.8 Å². The number of hydrogen-bond acceptors (Lipinski definition) is 5. The maximum Gasteiger partial charge on any atom is 0.264 e. The van der Waals surface area contributed by atoms with Crippen molar-refractivity contribution >= 4 is 28.5 Å². The van der Waals surface area contributed by atoms with Crippen LogP contribution in [0.5, 0.6) is 11.5 Å². The number of nitrogens with zero attached hydrogens (tertiary/aromatic N) is 2. The molecule has 0 saturated carbocycles. The van der Waals surface area contributed by atoms with Crippen LogP contribution in [0.15, 0.2) is 77.8 Å². The Morgan fingerprint density at radius 1 is 1.06 bits per heavy atom. The van der Waals surface area contributed by atoms with E-state index in [1.807, 2.05) is 66.7 Å².